The molecule has 0 radical (unpaired) electrons. The van der Waals surface area contributed by atoms with Gasteiger partial charge in [-0.15, -0.1) is 0 Å². The predicted octanol–water partition coefficient (Wildman–Crippen LogP) is 2.73. The Morgan fingerprint density at radius 1 is 1.38 bits per heavy atom. The zero-order valence-electron chi connectivity index (χ0n) is 7.42. The molecule has 0 saturated heterocycles. The van der Waals surface area contributed by atoms with E-state index in [1.54, 1.807) is 0 Å². The largest absolute Gasteiger partial charge is 0.281 e. The van der Waals surface area contributed by atoms with Crippen molar-refractivity contribution in [2.24, 2.45) is 9.98 Å². The van der Waals surface area contributed by atoms with Crippen LogP contribution in [0.4, 0.5) is 0 Å². The molecule has 0 aliphatic rings. The van der Waals surface area contributed by atoms with E-state index in [2.05, 4.69) is 9.98 Å². The number of rotatable bonds is 4. The molecule has 0 bridgehead atoms. The van der Waals surface area contributed by atoms with Gasteiger partial charge in [-0.25, -0.2) is 9.98 Å². The van der Waals surface area contributed by atoms with Crippen LogP contribution in [-0.4, -0.2) is 17.8 Å². The summed E-state index contributed by atoms with van der Waals surface area (Å²) in [5, 5.41) is -0.0557. The maximum atomic E-state index is 10.2. The van der Waals surface area contributed by atoms with Crippen molar-refractivity contribution in [2.75, 3.05) is 0 Å². The summed E-state index contributed by atoms with van der Waals surface area (Å²) in [6, 6.07) is 0. The fraction of sp³-hybridized carbons (Fsp3) is 0.375. The molecule has 0 aromatic carbocycles. The number of aliphatic imine (C=N–C) groups is 2. The van der Waals surface area contributed by atoms with Crippen molar-refractivity contribution in [3.05, 3.63) is 10.7 Å². The van der Waals surface area contributed by atoms with Gasteiger partial charge in [0.1, 0.15) is 11.5 Å². The van der Waals surface area contributed by atoms with Crippen LogP contribution in [-0.2, 0) is 4.79 Å². The van der Waals surface area contributed by atoms with Crippen LogP contribution in [0.25, 0.3) is 0 Å². The molecule has 0 aromatic rings. The molecule has 0 aliphatic heterocycles. The van der Waals surface area contributed by atoms with Gasteiger partial charge in [0, 0.05) is 6.21 Å². The van der Waals surface area contributed by atoms with Crippen LogP contribution in [0, 0.1) is 0 Å². The van der Waals surface area contributed by atoms with Crippen molar-refractivity contribution >= 4 is 41.0 Å². The first kappa shape index (κ1) is 12.3. The summed E-state index contributed by atoms with van der Waals surface area (Å²) in [7, 11) is 0. The van der Waals surface area contributed by atoms with Crippen LogP contribution in [0.15, 0.2) is 20.7 Å². The second-order valence-corrected chi connectivity index (χ2v) is 3.21. The second kappa shape index (κ2) is 6.80. The van der Waals surface area contributed by atoms with Gasteiger partial charge in [-0.3, -0.25) is 4.79 Å². The molecule has 0 N–H and O–H groups in total. The normalized spacial score (nSPS) is 11.1. The molecule has 13 heavy (non-hydrogen) atoms. The Hall–Kier alpha value is -0.670. The standard InChI is InChI=1S/C8H10Cl2N2O/c1-6(2)8(10)12-5-11-4-3-7(9)13/h4-5H,3H2,1-2H3/b11-4+,12-5-. The molecule has 5 heteroatoms. The molecule has 3 nitrogen and oxygen atoms in total. The lowest BCUT2D eigenvalue weighted by atomic mass is 10.4. The number of allylic oxidation sites excluding steroid dienone is 1. The lowest BCUT2D eigenvalue weighted by Gasteiger charge is -1.89. The highest BCUT2D eigenvalue weighted by atomic mass is 35.5. The van der Waals surface area contributed by atoms with Gasteiger partial charge in [0.05, 0.1) is 6.42 Å². The smallest absolute Gasteiger partial charge is 0.226 e. The summed E-state index contributed by atoms with van der Waals surface area (Å²) >= 11 is 10.7. The minimum Gasteiger partial charge on any atom is -0.281 e. The minimum atomic E-state index is -0.453. The van der Waals surface area contributed by atoms with E-state index >= 15 is 0 Å². The van der Waals surface area contributed by atoms with E-state index in [9.17, 15) is 4.79 Å². The summed E-state index contributed by atoms with van der Waals surface area (Å²) in [6.07, 6.45) is 2.74. The summed E-state index contributed by atoms with van der Waals surface area (Å²) in [5.74, 6) is 0. The van der Waals surface area contributed by atoms with Crippen molar-refractivity contribution < 1.29 is 4.79 Å². The molecule has 72 valence electrons. The summed E-state index contributed by atoms with van der Waals surface area (Å²) in [4.78, 5) is 17.7. The summed E-state index contributed by atoms with van der Waals surface area (Å²) < 4.78 is 0. The highest BCUT2D eigenvalue weighted by molar-refractivity contribution is 6.64. The van der Waals surface area contributed by atoms with Crippen molar-refractivity contribution in [1.82, 2.24) is 0 Å². The first-order valence-corrected chi connectivity index (χ1v) is 4.35. The average Bonchev–Trinajstić information content (AvgIpc) is 2.02. The molecule has 0 heterocycles. The molecule has 0 spiro atoms. The highest BCUT2D eigenvalue weighted by Gasteiger charge is 1.89. The van der Waals surface area contributed by atoms with E-state index in [0.717, 1.165) is 5.57 Å². The first-order chi connectivity index (χ1) is 6.04. The van der Waals surface area contributed by atoms with Gasteiger partial charge in [0.25, 0.3) is 0 Å². The lowest BCUT2D eigenvalue weighted by Crippen LogP contribution is -1.85. The molecule has 0 amide bonds. The number of halogens is 2. The average molecular weight is 221 g/mol. The van der Waals surface area contributed by atoms with Crippen LogP contribution in [0.2, 0.25) is 0 Å². The van der Waals surface area contributed by atoms with Gasteiger partial charge < -0.3 is 0 Å². The lowest BCUT2D eigenvalue weighted by molar-refractivity contribution is -0.110. The Morgan fingerprint density at radius 3 is 2.46 bits per heavy atom. The Balaban J connectivity index is 3.95. The molecule has 0 aliphatic carbocycles. The van der Waals surface area contributed by atoms with Gasteiger partial charge in [-0.2, -0.15) is 0 Å². The monoisotopic (exact) mass is 220 g/mol. The Labute approximate surface area is 87.2 Å². The molecule has 0 atom stereocenters. The molecular formula is C8H10Cl2N2O. The van der Waals surface area contributed by atoms with Crippen molar-refractivity contribution in [2.45, 2.75) is 20.3 Å². The van der Waals surface area contributed by atoms with E-state index in [1.165, 1.54) is 12.6 Å². The molecule has 0 unspecified atom stereocenters. The number of hydrogen-bond acceptors (Lipinski definition) is 2. The topological polar surface area (TPSA) is 41.8 Å². The second-order valence-electron chi connectivity index (χ2n) is 2.43. The maximum Gasteiger partial charge on any atom is 0.226 e. The van der Waals surface area contributed by atoms with E-state index in [0.29, 0.717) is 5.16 Å². The minimum absolute atomic E-state index is 0.0972. The first-order valence-electron chi connectivity index (χ1n) is 3.59. The third-order valence-electron chi connectivity index (χ3n) is 1.01. The fourth-order valence-corrected chi connectivity index (χ4v) is 0.497. The number of hydrogen-bond donors (Lipinski definition) is 0. The van der Waals surface area contributed by atoms with Crippen LogP contribution in [0.1, 0.15) is 20.3 Å². The summed E-state index contributed by atoms with van der Waals surface area (Å²) in [6.45, 7) is 3.68. The molecule has 0 aromatic heterocycles. The van der Waals surface area contributed by atoms with Crippen LogP contribution >= 0.6 is 23.2 Å². The zero-order valence-corrected chi connectivity index (χ0v) is 8.93. The van der Waals surface area contributed by atoms with E-state index in [1.807, 2.05) is 13.8 Å². The van der Waals surface area contributed by atoms with Crippen LogP contribution < -0.4 is 0 Å². The molecule has 0 saturated carbocycles. The van der Waals surface area contributed by atoms with Crippen LogP contribution in [0.3, 0.4) is 0 Å². The van der Waals surface area contributed by atoms with E-state index in [4.69, 9.17) is 23.2 Å². The third-order valence-corrected chi connectivity index (χ3v) is 1.64. The number of nitrogens with zero attached hydrogens (tertiary/aromatic N) is 2. The third kappa shape index (κ3) is 7.68. The van der Waals surface area contributed by atoms with Gasteiger partial charge in [-0.05, 0) is 31.0 Å². The highest BCUT2D eigenvalue weighted by Crippen LogP contribution is 2.08. The quantitative estimate of drug-likeness (QED) is 0.311. The summed E-state index contributed by atoms with van der Waals surface area (Å²) in [5.41, 5.74) is 0.904. The molecule has 0 rings (SSSR count). The van der Waals surface area contributed by atoms with E-state index in [-0.39, 0.29) is 6.42 Å². The zero-order chi connectivity index (χ0) is 10.3. The van der Waals surface area contributed by atoms with Gasteiger partial charge in [0.2, 0.25) is 5.24 Å². The van der Waals surface area contributed by atoms with Crippen LogP contribution in [0.5, 0.6) is 0 Å². The fourth-order valence-electron chi connectivity index (χ4n) is 0.385. The number of carbonyl (C=O) groups excluding carboxylic acids is 1. The number of carbonyl (C=O) groups is 1. The van der Waals surface area contributed by atoms with E-state index < -0.39 is 5.24 Å². The van der Waals surface area contributed by atoms with Crippen molar-refractivity contribution in [3.63, 3.8) is 0 Å². The Kier molecular flexibility index (Phi) is 6.45. The molecular weight excluding hydrogens is 211 g/mol. The Bertz CT molecular complexity index is 265. The van der Waals surface area contributed by atoms with Crippen molar-refractivity contribution in [3.8, 4) is 0 Å². The Morgan fingerprint density at radius 2 is 2.00 bits per heavy atom. The van der Waals surface area contributed by atoms with Crippen molar-refractivity contribution in [1.29, 1.82) is 0 Å². The maximum absolute atomic E-state index is 10.2. The van der Waals surface area contributed by atoms with Gasteiger partial charge >= 0.3 is 0 Å². The SMILES string of the molecule is CC(C)=C(Cl)/N=C\N=C\CC(=O)Cl. The van der Waals surface area contributed by atoms with Gasteiger partial charge in [-0.1, -0.05) is 11.6 Å². The predicted molar refractivity (Wildman–Crippen MR) is 56.7 cm³/mol. The molecule has 0 fully saturated rings. The van der Waals surface area contributed by atoms with Gasteiger partial charge in [0.15, 0.2) is 0 Å².